The summed E-state index contributed by atoms with van der Waals surface area (Å²) < 4.78 is 5.13. The van der Waals surface area contributed by atoms with Gasteiger partial charge < -0.3 is 10.1 Å². The number of anilines is 2. The molecule has 0 fully saturated rings. The molecule has 9 nitrogen and oxygen atoms in total. The maximum atomic E-state index is 12.4. The van der Waals surface area contributed by atoms with Gasteiger partial charge in [-0.2, -0.15) is 0 Å². The van der Waals surface area contributed by atoms with Gasteiger partial charge >= 0.3 is 11.0 Å². The Morgan fingerprint density at radius 3 is 2.77 bits per heavy atom. The molecule has 1 heterocycles. The van der Waals surface area contributed by atoms with Crippen LogP contribution in [0.3, 0.4) is 0 Å². The number of nitrogens with one attached hydrogen (secondary N) is 2. The summed E-state index contributed by atoms with van der Waals surface area (Å²) in [4.78, 5) is 37.7. The second kappa shape index (κ2) is 8.90. The van der Waals surface area contributed by atoms with Crippen molar-refractivity contribution in [2.45, 2.75) is 26.7 Å². The van der Waals surface area contributed by atoms with E-state index in [2.05, 4.69) is 22.5 Å². The summed E-state index contributed by atoms with van der Waals surface area (Å²) in [6.45, 7) is 4.07. The van der Waals surface area contributed by atoms with Crippen LogP contribution < -0.4 is 15.4 Å². The van der Waals surface area contributed by atoms with Crippen LogP contribution in [0.25, 0.3) is 0 Å². The zero-order chi connectivity index (χ0) is 19.1. The lowest BCUT2D eigenvalue weighted by molar-refractivity contribution is -0.380. The van der Waals surface area contributed by atoms with Gasteiger partial charge in [-0.15, -0.1) is 0 Å². The van der Waals surface area contributed by atoms with E-state index in [-0.39, 0.29) is 21.4 Å². The predicted molar refractivity (Wildman–Crippen MR) is 97.9 cm³/mol. The third-order valence-electron chi connectivity index (χ3n) is 3.23. The number of ether oxygens (including phenoxy) is 1. The van der Waals surface area contributed by atoms with Crippen LogP contribution in [0.5, 0.6) is 5.75 Å². The molecule has 0 aliphatic rings. The second-order valence-electron chi connectivity index (χ2n) is 5.30. The summed E-state index contributed by atoms with van der Waals surface area (Å²) in [7, 11) is 0. The number of amides is 1. The molecule has 26 heavy (non-hydrogen) atoms. The lowest BCUT2D eigenvalue weighted by Crippen LogP contribution is -2.15. The molecule has 0 spiro atoms. The Labute approximate surface area is 153 Å². The SMILES string of the molecule is CCCCNc1ccc(C(=O)Nc2ncc([N+](=O)[O-])s2)c(OC(C)=O)c1. The number of esters is 1. The van der Waals surface area contributed by atoms with Gasteiger partial charge in [0.2, 0.25) is 0 Å². The quantitative estimate of drug-likeness (QED) is 0.237. The summed E-state index contributed by atoms with van der Waals surface area (Å²) in [5.41, 5.74) is 0.843. The van der Waals surface area contributed by atoms with E-state index in [0.717, 1.165) is 42.6 Å². The van der Waals surface area contributed by atoms with Crippen LogP contribution in [0.15, 0.2) is 24.4 Å². The fourth-order valence-electron chi connectivity index (χ4n) is 2.04. The van der Waals surface area contributed by atoms with E-state index in [0.29, 0.717) is 0 Å². The number of thiazole rings is 1. The van der Waals surface area contributed by atoms with Crippen LogP contribution in [0, 0.1) is 10.1 Å². The third-order valence-corrected chi connectivity index (χ3v) is 4.10. The van der Waals surface area contributed by atoms with Crippen molar-refractivity contribution < 1.29 is 19.2 Å². The van der Waals surface area contributed by atoms with Gasteiger partial charge in [-0.25, -0.2) is 4.98 Å². The van der Waals surface area contributed by atoms with Gasteiger partial charge in [-0.05, 0) is 29.9 Å². The number of unbranched alkanes of at least 4 members (excludes halogenated alkanes) is 1. The molecule has 2 N–H and O–H groups in total. The van der Waals surface area contributed by atoms with Crippen molar-refractivity contribution in [3.05, 3.63) is 40.1 Å². The zero-order valence-corrected chi connectivity index (χ0v) is 15.1. The van der Waals surface area contributed by atoms with Crippen molar-refractivity contribution in [1.82, 2.24) is 4.98 Å². The highest BCUT2D eigenvalue weighted by atomic mass is 32.1. The van der Waals surface area contributed by atoms with Crippen molar-refractivity contribution in [3.63, 3.8) is 0 Å². The molecular weight excluding hydrogens is 360 g/mol. The molecule has 2 rings (SSSR count). The summed E-state index contributed by atoms with van der Waals surface area (Å²) in [5.74, 6) is -1.04. The monoisotopic (exact) mass is 378 g/mol. The molecule has 1 aromatic carbocycles. The lowest BCUT2D eigenvalue weighted by atomic mass is 10.1. The Bertz CT molecular complexity index is 821. The molecule has 0 unspecified atom stereocenters. The van der Waals surface area contributed by atoms with Crippen LogP contribution in [0.4, 0.5) is 15.8 Å². The third kappa shape index (κ3) is 5.24. The van der Waals surface area contributed by atoms with Crippen molar-refractivity contribution in [2.24, 2.45) is 0 Å². The highest BCUT2D eigenvalue weighted by Crippen LogP contribution is 2.28. The number of hydrogen-bond acceptors (Lipinski definition) is 8. The highest BCUT2D eigenvalue weighted by Gasteiger charge is 2.18. The zero-order valence-electron chi connectivity index (χ0n) is 14.3. The minimum absolute atomic E-state index is 0.0839. The van der Waals surface area contributed by atoms with E-state index in [4.69, 9.17) is 4.74 Å². The number of benzene rings is 1. The molecule has 2 aromatic rings. The Hall–Kier alpha value is -3.01. The predicted octanol–water partition coefficient (Wildman–Crippen LogP) is 3.44. The van der Waals surface area contributed by atoms with Gasteiger partial charge in [0.05, 0.1) is 10.5 Å². The Kier molecular flexibility index (Phi) is 6.61. The fraction of sp³-hybridized carbons (Fsp3) is 0.312. The first-order chi connectivity index (χ1) is 12.4. The summed E-state index contributed by atoms with van der Waals surface area (Å²) in [5, 5.41) is 16.2. The number of hydrogen-bond donors (Lipinski definition) is 2. The minimum Gasteiger partial charge on any atom is -0.426 e. The van der Waals surface area contributed by atoms with Crippen molar-refractivity contribution in [1.29, 1.82) is 0 Å². The van der Waals surface area contributed by atoms with Crippen LogP contribution in [-0.4, -0.2) is 28.3 Å². The van der Waals surface area contributed by atoms with E-state index in [9.17, 15) is 19.7 Å². The highest BCUT2D eigenvalue weighted by molar-refractivity contribution is 7.18. The number of rotatable bonds is 8. The van der Waals surface area contributed by atoms with Gasteiger partial charge in [-0.3, -0.25) is 25.0 Å². The van der Waals surface area contributed by atoms with E-state index in [1.165, 1.54) is 13.0 Å². The molecule has 0 saturated heterocycles. The van der Waals surface area contributed by atoms with E-state index in [1.807, 2.05) is 0 Å². The van der Waals surface area contributed by atoms with Crippen molar-refractivity contribution >= 4 is 39.0 Å². The molecule has 138 valence electrons. The Morgan fingerprint density at radius 2 is 2.15 bits per heavy atom. The van der Waals surface area contributed by atoms with Crippen molar-refractivity contribution in [2.75, 3.05) is 17.2 Å². The van der Waals surface area contributed by atoms with Gasteiger partial charge in [-0.1, -0.05) is 13.3 Å². The molecule has 1 aromatic heterocycles. The van der Waals surface area contributed by atoms with Gasteiger partial charge in [0.25, 0.3) is 5.91 Å². The van der Waals surface area contributed by atoms with E-state index >= 15 is 0 Å². The number of aromatic nitrogens is 1. The summed E-state index contributed by atoms with van der Waals surface area (Å²) >= 11 is 0.738. The molecular formula is C16H18N4O5S. The average Bonchev–Trinajstić information content (AvgIpc) is 3.03. The summed E-state index contributed by atoms with van der Waals surface area (Å²) in [6.07, 6.45) is 3.08. The minimum atomic E-state index is -0.589. The maximum absolute atomic E-state index is 12.4. The topological polar surface area (TPSA) is 123 Å². The first-order valence-electron chi connectivity index (χ1n) is 7.88. The fourth-order valence-corrected chi connectivity index (χ4v) is 2.67. The molecule has 0 aliphatic heterocycles. The first kappa shape index (κ1) is 19.3. The second-order valence-corrected chi connectivity index (χ2v) is 6.31. The van der Waals surface area contributed by atoms with Crippen molar-refractivity contribution in [3.8, 4) is 5.75 Å². The lowest BCUT2D eigenvalue weighted by Gasteiger charge is -2.12. The van der Waals surface area contributed by atoms with Crippen LogP contribution in [-0.2, 0) is 4.79 Å². The molecule has 0 aliphatic carbocycles. The standard InChI is InChI=1S/C16H18N4O5S/c1-3-4-7-17-11-5-6-12(13(8-11)25-10(2)21)15(22)19-16-18-9-14(26-16)20(23)24/h5-6,8-9,17H,3-4,7H2,1-2H3,(H,18,19,22). The molecule has 0 saturated carbocycles. The van der Waals surface area contributed by atoms with Crippen LogP contribution in [0.2, 0.25) is 0 Å². The number of carbonyl (C=O) groups is 2. The average molecular weight is 378 g/mol. The van der Waals surface area contributed by atoms with Crippen LogP contribution >= 0.6 is 11.3 Å². The first-order valence-corrected chi connectivity index (χ1v) is 8.70. The summed E-state index contributed by atoms with van der Waals surface area (Å²) in [6, 6.07) is 4.78. The molecule has 0 bridgehead atoms. The molecule has 10 heteroatoms. The number of nitrogens with zero attached hydrogens (tertiary/aromatic N) is 2. The van der Waals surface area contributed by atoms with Gasteiger partial charge in [0.15, 0.2) is 5.13 Å². The molecule has 0 atom stereocenters. The maximum Gasteiger partial charge on any atom is 0.345 e. The molecule has 0 radical (unpaired) electrons. The van der Waals surface area contributed by atoms with Gasteiger partial charge in [0.1, 0.15) is 11.9 Å². The Balaban J connectivity index is 2.20. The molecule has 1 amide bonds. The Morgan fingerprint density at radius 1 is 1.38 bits per heavy atom. The van der Waals surface area contributed by atoms with Crippen LogP contribution in [0.1, 0.15) is 37.0 Å². The number of nitro groups is 1. The normalized spacial score (nSPS) is 10.2. The number of carbonyl (C=O) groups excluding carboxylic acids is 2. The smallest absolute Gasteiger partial charge is 0.345 e. The van der Waals surface area contributed by atoms with E-state index in [1.54, 1.807) is 12.1 Å². The largest absolute Gasteiger partial charge is 0.426 e. The van der Waals surface area contributed by atoms with Gasteiger partial charge in [0, 0.05) is 25.2 Å². The van der Waals surface area contributed by atoms with E-state index < -0.39 is 16.8 Å².